The van der Waals surface area contributed by atoms with E-state index in [0.717, 1.165) is 77.4 Å². The summed E-state index contributed by atoms with van der Waals surface area (Å²) in [6, 6.07) is 9.55. The Morgan fingerprint density at radius 1 is 1.15 bits per heavy atom. The van der Waals surface area contributed by atoms with Crippen molar-refractivity contribution in [2.24, 2.45) is 0 Å². The number of nitrogens with zero attached hydrogens (tertiary/aromatic N) is 3. The fraction of sp³-hybridized carbons (Fsp3) is 0.667. The van der Waals surface area contributed by atoms with Gasteiger partial charge in [-0.2, -0.15) is 0 Å². The molecule has 1 N–H and O–H groups in total. The minimum absolute atomic E-state index is 0.131. The number of rotatable bonds is 6. The smallest absolute Gasteiger partial charge is 0.253 e. The topological polar surface area (TPSA) is 56.3 Å². The summed E-state index contributed by atoms with van der Waals surface area (Å²) in [5, 5.41) is 9.90. The lowest BCUT2D eigenvalue weighted by Crippen LogP contribution is -2.49. The van der Waals surface area contributed by atoms with Crippen LogP contribution in [0.4, 0.5) is 0 Å². The van der Waals surface area contributed by atoms with Gasteiger partial charge in [-0.1, -0.05) is 25.1 Å². The molecule has 0 aliphatic carbocycles. The molecule has 2 heterocycles. The van der Waals surface area contributed by atoms with E-state index in [9.17, 15) is 9.90 Å². The Morgan fingerprint density at radius 2 is 1.96 bits per heavy atom. The van der Waals surface area contributed by atoms with Crippen molar-refractivity contribution >= 4 is 5.91 Å². The first-order valence-electron chi connectivity index (χ1n) is 10.2. The number of ether oxygens (including phenoxy) is 1. The molecule has 0 bridgehead atoms. The van der Waals surface area contributed by atoms with Crippen molar-refractivity contribution in [1.82, 2.24) is 14.7 Å². The maximum atomic E-state index is 12.7. The number of hydrogen-bond acceptors (Lipinski definition) is 5. The zero-order valence-corrected chi connectivity index (χ0v) is 16.4. The summed E-state index contributed by atoms with van der Waals surface area (Å²) in [6.45, 7) is 9.60. The highest BCUT2D eigenvalue weighted by atomic mass is 16.5. The molecule has 2 fully saturated rings. The summed E-state index contributed by atoms with van der Waals surface area (Å²) in [4.78, 5) is 19.4. The number of carbonyl (C=O) groups is 1. The zero-order valence-electron chi connectivity index (χ0n) is 16.4. The van der Waals surface area contributed by atoms with Gasteiger partial charge in [0.25, 0.3) is 5.91 Å². The average molecular weight is 376 g/mol. The molecule has 3 rings (SSSR count). The normalized spacial score (nSPS) is 23.8. The second-order valence-electron chi connectivity index (χ2n) is 7.63. The maximum absolute atomic E-state index is 12.7. The van der Waals surface area contributed by atoms with Crippen LogP contribution in [0, 0.1) is 0 Å². The number of carbonyl (C=O) groups excluding carboxylic acids is 1. The molecule has 1 aromatic rings. The molecule has 1 amide bonds. The number of benzene rings is 1. The van der Waals surface area contributed by atoms with Crippen LogP contribution in [0.1, 0.15) is 30.1 Å². The molecular formula is C21H33N3O3. The highest BCUT2D eigenvalue weighted by molar-refractivity contribution is 5.94. The first kappa shape index (κ1) is 20.3. The number of aliphatic hydroxyl groups excluding tert-OH is 1. The molecule has 0 aromatic heterocycles. The predicted molar refractivity (Wildman–Crippen MR) is 106 cm³/mol. The minimum atomic E-state index is -0.250. The Labute approximate surface area is 162 Å². The van der Waals surface area contributed by atoms with E-state index >= 15 is 0 Å². The molecule has 2 unspecified atom stereocenters. The highest BCUT2D eigenvalue weighted by Gasteiger charge is 2.26. The standard InChI is InChI=1S/C21H33N3O3/c1-2-19(25)15-23-13-14-27-20(17-23)16-22-9-6-10-24(12-11-22)21(26)18-7-4-3-5-8-18/h3-5,7-8,19-20,25H,2,6,9-17H2,1H3. The van der Waals surface area contributed by atoms with E-state index in [-0.39, 0.29) is 18.1 Å². The lowest BCUT2D eigenvalue weighted by molar-refractivity contribution is -0.0528. The quantitative estimate of drug-likeness (QED) is 0.812. The lowest BCUT2D eigenvalue weighted by atomic mass is 10.2. The van der Waals surface area contributed by atoms with Crippen molar-refractivity contribution in [2.75, 3.05) is 59.0 Å². The summed E-state index contributed by atoms with van der Waals surface area (Å²) in [5.74, 6) is 0.131. The maximum Gasteiger partial charge on any atom is 0.253 e. The Balaban J connectivity index is 1.47. The van der Waals surface area contributed by atoms with Crippen molar-refractivity contribution in [3.8, 4) is 0 Å². The van der Waals surface area contributed by atoms with Crippen LogP contribution < -0.4 is 0 Å². The van der Waals surface area contributed by atoms with Gasteiger partial charge in [0.05, 0.1) is 18.8 Å². The van der Waals surface area contributed by atoms with Gasteiger partial charge in [0.15, 0.2) is 0 Å². The van der Waals surface area contributed by atoms with Crippen LogP contribution in [-0.4, -0.2) is 96.9 Å². The van der Waals surface area contributed by atoms with Crippen molar-refractivity contribution < 1.29 is 14.6 Å². The SMILES string of the molecule is CCC(O)CN1CCOC(CN2CCCN(C(=O)c3ccccc3)CC2)C1. The third-order valence-corrected chi connectivity index (χ3v) is 5.52. The minimum Gasteiger partial charge on any atom is -0.392 e. The van der Waals surface area contributed by atoms with Crippen molar-refractivity contribution in [1.29, 1.82) is 0 Å². The molecule has 0 saturated carbocycles. The van der Waals surface area contributed by atoms with Crippen LogP contribution in [0.25, 0.3) is 0 Å². The van der Waals surface area contributed by atoms with Crippen LogP contribution in [0.2, 0.25) is 0 Å². The second-order valence-corrected chi connectivity index (χ2v) is 7.63. The summed E-state index contributed by atoms with van der Waals surface area (Å²) < 4.78 is 5.97. The van der Waals surface area contributed by atoms with Gasteiger partial charge in [-0.05, 0) is 31.5 Å². The Kier molecular flexibility index (Phi) is 7.64. The third kappa shape index (κ3) is 6.01. The molecule has 2 saturated heterocycles. The molecule has 27 heavy (non-hydrogen) atoms. The summed E-state index contributed by atoms with van der Waals surface area (Å²) in [6.07, 6.45) is 1.71. The van der Waals surface area contributed by atoms with E-state index in [1.165, 1.54) is 0 Å². The van der Waals surface area contributed by atoms with Gasteiger partial charge in [0, 0.05) is 51.4 Å². The number of amides is 1. The van der Waals surface area contributed by atoms with E-state index in [2.05, 4.69) is 9.80 Å². The second kappa shape index (κ2) is 10.2. The number of hydrogen-bond donors (Lipinski definition) is 1. The molecular weight excluding hydrogens is 342 g/mol. The Hall–Kier alpha value is -1.47. The van der Waals surface area contributed by atoms with Gasteiger partial charge in [-0.15, -0.1) is 0 Å². The van der Waals surface area contributed by atoms with E-state index < -0.39 is 0 Å². The van der Waals surface area contributed by atoms with Gasteiger partial charge in [0.2, 0.25) is 0 Å². The first-order chi connectivity index (χ1) is 13.2. The lowest BCUT2D eigenvalue weighted by Gasteiger charge is -2.36. The third-order valence-electron chi connectivity index (χ3n) is 5.52. The molecule has 6 nitrogen and oxygen atoms in total. The molecule has 1 aromatic carbocycles. The average Bonchev–Trinajstić information content (AvgIpc) is 2.94. The van der Waals surface area contributed by atoms with Gasteiger partial charge >= 0.3 is 0 Å². The summed E-state index contributed by atoms with van der Waals surface area (Å²) >= 11 is 0. The molecule has 2 aliphatic rings. The largest absolute Gasteiger partial charge is 0.392 e. The van der Waals surface area contributed by atoms with Crippen LogP contribution >= 0.6 is 0 Å². The monoisotopic (exact) mass is 375 g/mol. The Bertz CT molecular complexity index is 583. The Morgan fingerprint density at radius 3 is 2.74 bits per heavy atom. The highest BCUT2D eigenvalue weighted by Crippen LogP contribution is 2.13. The molecule has 0 radical (unpaired) electrons. The summed E-state index contributed by atoms with van der Waals surface area (Å²) in [7, 11) is 0. The number of β-amino-alcohol motifs (C(OH)–C–C–N with tert-alkyl or cyclic N) is 1. The molecule has 6 heteroatoms. The molecule has 150 valence electrons. The number of aliphatic hydroxyl groups is 1. The summed E-state index contributed by atoms with van der Waals surface area (Å²) in [5.41, 5.74) is 0.770. The van der Waals surface area contributed by atoms with Crippen LogP contribution in [0.3, 0.4) is 0 Å². The molecule has 2 aliphatic heterocycles. The predicted octanol–water partition coefficient (Wildman–Crippen LogP) is 1.31. The van der Waals surface area contributed by atoms with Crippen LogP contribution in [0.15, 0.2) is 30.3 Å². The van der Waals surface area contributed by atoms with E-state index in [1.807, 2.05) is 42.2 Å². The van der Waals surface area contributed by atoms with Crippen molar-refractivity contribution in [2.45, 2.75) is 32.0 Å². The van der Waals surface area contributed by atoms with Crippen molar-refractivity contribution in [3.63, 3.8) is 0 Å². The molecule has 2 atom stereocenters. The van der Waals surface area contributed by atoms with Crippen LogP contribution in [-0.2, 0) is 4.74 Å². The zero-order chi connectivity index (χ0) is 19.1. The van der Waals surface area contributed by atoms with E-state index in [4.69, 9.17) is 4.74 Å². The van der Waals surface area contributed by atoms with Gasteiger partial charge < -0.3 is 14.7 Å². The molecule has 0 spiro atoms. The first-order valence-corrected chi connectivity index (χ1v) is 10.2. The fourth-order valence-electron chi connectivity index (χ4n) is 3.89. The number of morpholine rings is 1. The van der Waals surface area contributed by atoms with E-state index in [1.54, 1.807) is 0 Å². The van der Waals surface area contributed by atoms with Crippen molar-refractivity contribution in [3.05, 3.63) is 35.9 Å². The fourth-order valence-corrected chi connectivity index (χ4v) is 3.89. The van der Waals surface area contributed by atoms with Crippen LogP contribution in [0.5, 0.6) is 0 Å². The van der Waals surface area contributed by atoms with Gasteiger partial charge in [0.1, 0.15) is 0 Å². The van der Waals surface area contributed by atoms with Gasteiger partial charge in [-0.25, -0.2) is 0 Å². The van der Waals surface area contributed by atoms with E-state index in [0.29, 0.717) is 0 Å². The van der Waals surface area contributed by atoms with Gasteiger partial charge in [-0.3, -0.25) is 14.6 Å².